The monoisotopic (exact) mass is 344 g/mol. The number of hydrogen-bond donors (Lipinski definition) is 2. The molecule has 0 aliphatic rings. The first-order valence-electron chi connectivity index (χ1n) is 7.38. The number of hydrogen-bond acceptors (Lipinski definition) is 4. The van der Waals surface area contributed by atoms with Crippen molar-refractivity contribution >= 4 is 6.03 Å². The molecule has 9 heteroatoms. The molecule has 7 nitrogen and oxygen atoms in total. The third-order valence-electron chi connectivity index (χ3n) is 3.39. The minimum atomic E-state index is -0.581. The fraction of sp³-hybridized carbons (Fsp3) is 0.125. The van der Waals surface area contributed by atoms with E-state index in [0.717, 1.165) is 23.8 Å². The van der Waals surface area contributed by atoms with Crippen LogP contribution in [0.2, 0.25) is 0 Å². The van der Waals surface area contributed by atoms with Gasteiger partial charge in [0.15, 0.2) is 5.82 Å². The van der Waals surface area contributed by atoms with Gasteiger partial charge in [-0.1, -0.05) is 6.07 Å². The van der Waals surface area contributed by atoms with Crippen LogP contribution in [-0.4, -0.2) is 25.8 Å². The van der Waals surface area contributed by atoms with Crippen LogP contribution in [0.25, 0.3) is 5.82 Å². The first-order chi connectivity index (χ1) is 12.1. The molecule has 2 N–H and O–H groups in total. The minimum Gasteiger partial charge on any atom is -0.334 e. The molecule has 0 spiro atoms. The molecule has 0 saturated heterocycles. The van der Waals surface area contributed by atoms with Crippen LogP contribution in [0.1, 0.15) is 11.1 Å². The molecule has 1 aromatic carbocycles. The summed E-state index contributed by atoms with van der Waals surface area (Å²) in [5.41, 5.74) is 0.792. The summed E-state index contributed by atoms with van der Waals surface area (Å²) in [6, 6.07) is 6.09. The maximum Gasteiger partial charge on any atom is 0.315 e. The van der Waals surface area contributed by atoms with Gasteiger partial charge >= 0.3 is 6.03 Å². The van der Waals surface area contributed by atoms with Crippen molar-refractivity contribution in [3.8, 4) is 5.82 Å². The van der Waals surface area contributed by atoms with Gasteiger partial charge in [0.1, 0.15) is 24.3 Å². The van der Waals surface area contributed by atoms with Crippen LogP contribution < -0.4 is 10.6 Å². The third-order valence-corrected chi connectivity index (χ3v) is 3.39. The lowest BCUT2D eigenvalue weighted by atomic mass is 10.2. The molecular weight excluding hydrogens is 330 g/mol. The zero-order chi connectivity index (χ0) is 17.6. The Morgan fingerprint density at radius 2 is 1.92 bits per heavy atom. The van der Waals surface area contributed by atoms with Gasteiger partial charge in [-0.05, 0) is 24.3 Å². The molecule has 2 heterocycles. The number of carbonyl (C=O) groups excluding carboxylic acids is 1. The lowest BCUT2D eigenvalue weighted by Crippen LogP contribution is -2.35. The van der Waals surface area contributed by atoms with Crippen molar-refractivity contribution in [3.63, 3.8) is 0 Å². The second-order valence-electron chi connectivity index (χ2n) is 5.10. The zero-order valence-electron chi connectivity index (χ0n) is 13.0. The van der Waals surface area contributed by atoms with Crippen molar-refractivity contribution in [2.45, 2.75) is 13.1 Å². The summed E-state index contributed by atoms with van der Waals surface area (Å²) in [5, 5.41) is 9.12. The van der Waals surface area contributed by atoms with Crippen molar-refractivity contribution in [1.82, 2.24) is 30.4 Å². The number of rotatable bonds is 5. The topological polar surface area (TPSA) is 84.7 Å². The van der Waals surface area contributed by atoms with Crippen LogP contribution in [-0.2, 0) is 13.1 Å². The highest BCUT2D eigenvalue weighted by atomic mass is 19.1. The van der Waals surface area contributed by atoms with Gasteiger partial charge in [-0.25, -0.2) is 28.2 Å². The van der Waals surface area contributed by atoms with Gasteiger partial charge in [0.2, 0.25) is 0 Å². The number of aromatic nitrogens is 4. The molecule has 0 radical (unpaired) electrons. The quantitative estimate of drug-likeness (QED) is 0.741. The minimum absolute atomic E-state index is 0.0693. The van der Waals surface area contributed by atoms with Crippen LogP contribution in [0.3, 0.4) is 0 Å². The van der Waals surface area contributed by atoms with Gasteiger partial charge in [-0.15, -0.1) is 0 Å². The van der Waals surface area contributed by atoms with E-state index in [1.165, 1.54) is 17.3 Å². The Hall–Kier alpha value is -3.36. The molecule has 0 aliphatic carbocycles. The van der Waals surface area contributed by atoms with Crippen LogP contribution in [0.5, 0.6) is 0 Å². The van der Waals surface area contributed by atoms with E-state index in [4.69, 9.17) is 0 Å². The Kier molecular flexibility index (Phi) is 4.93. The standard InChI is InChI=1S/C16H14F2N6O/c17-13-3-4-14(18)12(6-13)8-22-16(25)21-7-11-2-1-5-20-15(11)24-10-19-9-23-24/h1-6,9-10H,7-8H2,(H2,21,22,25). The highest BCUT2D eigenvalue weighted by Crippen LogP contribution is 2.10. The highest BCUT2D eigenvalue weighted by molar-refractivity contribution is 5.73. The average molecular weight is 344 g/mol. The molecule has 0 unspecified atom stereocenters. The van der Waals surface area contributed by atoms with Gasteiger partial charge in [0.05, 0.1) is 0 Å². The molecule has 2 aromatic heterocycles. The van der Waals surface area contributed by atoms with Crippen molar-refractivity contribution in [2.24, 2.45) is 0 Å². The molecule has 0 atom stereocenters. The summed E-state index contributed by atoms with van der Waals surface area (Å²) in [6.07, 6.45) is 4.48. The number of benzene rings is 1. The maximum atomic E-state index is 13.5. The predicted molar refractivity (Wildman–Crippen MR) is 84.6 cm³/mol. The summed E-state index contributed by atoms with van der Waals surface area (Å²) >= 11 is 0. The molecule has 128 valence electrons. The van der Waals surface area contributed by atoms with Crippen LogP contribution in [0, 0.1) is 11.6 Å². The smallest absolute Gasteiger partial charge is 0.315 e. The second-order valence-corrected chi connectivity index (χ2v) is 5.10. The number of nitrogens with one attached hydrogen (secondary N) is 2. The zero-order valence-corrected chi connectivity index (χ0v) is 13.0. The van der Waals surface area contributed by atoms with E-state index in [0.29, 0.717) is 5.82 Å². The number of urea groups is 1. The van der Waals surface area contributed by atoms with Crippen molar-refractivity contribution in [1.29, 1.82) is 0 Å². The fourth-order valence-electron chi connectivity index (χ4n) is 2.18. The third kappa shape index (κ3) is 4.14. The van der Waals surface area contributed by atoms with E-state index in [-0.39, 0.29) is 18.7 Å². The van der Waals surface area contributed by atoms with Crippen molar-refractivity contribution in [2.75, 3.05) is 0 Å². The number of amides is 2. The summed E-state index contributed by atoms with van der Waals surface area (Å²) in [7, 11) is 0. The molecule has 0 fully saturated rings. The lowest BCUT2D eigenvalue weighted by Gasteiger charge is -2.11. The van der Waals surface area contributed by atoms with E-state index in [9.17, 15) is 13.6 Å². The second kappa shape index (κ2) is 7.47. The lowest BCUT2D eigenvalue weighted by molar-refractivity contribution is 0.240. The predicted octanol–water partition coefficient (Wildman–Crippen LogP) is 1.94. The SMILES string of the molecule is O=C(NCc1cc(F)ccc1F)NCc1cccnc1-n1cncn1. The molecule has 0 saturated carbocycles. The Morgan fingerprint density at radius 1 is 1.12 bits per heavy atom. The first-order valence-corrected chi connectivity index (χ1v) is 7.38. The largest absolute Gasteiger partial charge is 0.334 e. The van der Waals surface area contributed by atoms with E-state index < -0.39 is 17.7 Å². The Bertz CT molecular complexity index is 869. The number of carbonyl (C=O) groups is 1. The molecule has 2 amide bonds. The summed E-state index contributed by atoms with van der Waals surface area (Å²) < 4.78 is 28.1. The van der Waals surface area contributed by atoms with E-state index in [1.807, 2.05) is 0 Å². The molecular formula is C16H14F2N6O. The van der Waals surface area contributed by atoms with E-state index >= 15 is 0 Å². The Balaban J connectivity index is 1.59. The molecule has 3 aromatic rings. The van der Waals surface area contributed by atoms with Gasteiger partial charge in [-0.3, -0.25) is 0 Å². The molecule has 0 aliphatic heterocycles. The van der Waals surface area contributed by atoms with Crippen LogP contribution >= 0.6 is 0 Å². The van der Waals surface area contributed by atoms with Crippen molar-refractivity contribution in [3.05, 3.63) is 71.9 Å². The van der Waals surface area contributed by atoms with Gasteiger partial charge in [-0.2, -0.15) is 5.10 Å². The van der Waals surface area contributed by atoms with Gasteiger partial charge in [0, 0.05) is 30.4 Å². The summed E-state index contributed by atoms with van der Waals surface area (Å²) in [5.74, 6) is -0.606. The highest BCUT2D eigenvalue weighted by Gasteiger charge is 2.09. The number of pyridine rings is 1. The van der Waals surface area contributed by atoms with Gasteiger partial charge < -0.3 is 10.6 Å². The molecule has 0 bridgehead atoms. The molecule has 3 rings (SSSR count). The number of halogens is 2. The summed E-state index contributed by atoms with van der Waals surface area (Å²) in [6.45, 7) is 0.0545. The van der Waals surface area contributed by atoms with Crippen LogP contribution in [0.15, 0.2) is 49.2 Å². The molecule has 25 heavy (non-hydrogen) atoms. The number of nitrogens with zero attached hydrogens (tertiary/aromatic N) is 4. The Labute approximate surface area is 141 Å². The fourth-order valence-corrected chi connectivity index (χ4v) is 2.18. The van der Waals surface area contributed by atoms with Gasteiger partial charge in [0.25, 0.3) is 0 Å². The average Bonchev–Trinajstić information content (AvgIpc) is 3.15. The first kappa shape index (κ1) is 16.5. The Morgan fingerprint density at radius 3 is 2.68 bits per heavy atom. The summed E-state index contributed by atoms with van der Waals surface area (Å²) in [4.78, 5) is 20.0. The van der Waals surface area contributed by atoms with Crippen LogP contribution in [0.4, 0.5) is 13.6 Å². The van der Waals surface area contributed by atoms with Crippen molar-refractivity contribution < 1.29 is 13.6 Å². The van der Waals surface area contributed by atoms with E-state index in [1.54, 1.807) is 18.3 Å². The normalized spacial score (nSPS) is 10.5. The maximum absolute atomic E-state index is 13.5. The van der Waals surface area contributed by atoms with E-state index in [2.05, 4.69) is 25.7 Å².